The van der Waals surface area contributed by atoms with Gasteiger partial charge in [-0.05, 0) is 61.6 Å². The smallest absolute Gasteiger partial charge is 0.417 e. The van der Waals surface area contributed by atoms with Crippen molar-refractivity contribution in [3.8, 4) is 11.6 Å². The second-order valence-corrected chi connectivity index (χ2v) is 11.9. The fourth-order valence-corrected chi connectivity index (χ4v) is 6.42. The first-order valence-corrected chi connectivity index (χ1v) is 14.9. The number of carboxylic acids is 1. The molecule has 4 rings (SSSR count). The number of hydrogen-bond donors (Lipinski definition) is 2. The Hall–Kier alpha value is -3.62. The molecule has 2 heterocycles. The fourth-order valence-electron chi connectivity index (χ4n) is 4.55. The second kappa shape index (κ2) is 13.3. The molecule has 1 aliphatic rings. The fraction of sp³-hybridized carbons (Fsp3) is 0.357. The van der Waals surface area contributed by atoms with E-state index in [1.165, 1.54) is 24.3 Å². The van der Waals surface area contributed by atoms with Crippen LogP contribution in [0, 0.1) is 5.82 Å². The van der Waals surface area contributed by atoms with Gasteiger partial charge in [-0.1, -0.05) is 23.7 Å². The van der Waals surface area contributed by atoms with Crippen molar-refractivity contribution >= 4 is 33.3 Å². The molecule has 9 nitrogen and oxygen atoms in total. The van der Waals surface area contributed by atoms with Crippen LogP contribution in [0.5, 0.6) is 11.6 Å². The Bertz CT molecular complexity index is 1570. The largest absolute Gasteiger partial charge is 0.486 e. The molecular formula is C28H27ClF4N2O7S. The van der Waals surface area contributed by atoms with Gasteiger partial charge in [0, 0.05) is 23.2 Å². The highest BCUT2D eigenvalue weighted by Crippen LogP contribution is 2.41. The van der Waals surface area contributed by atoms with E-state index in [1.807, 2.05) is 0 Å². The summed E-state index contributed by atoms with van der Waals surface area (Å²) in [6, 6.07) is 9.29. The number of aliphatic carboxylic acids is 1. The Morgan fingerprint density at radius 1 is 1.19 bits per heavy atom. The van der Waals surface area contributed by atoms with Gasteiger partial charge in [0.15, 0.2) is 4.90 Å². The minimum atomic E-state index is -4.92. The molecular weight excluding hydrogens is 620 g/mol. The minimum Gasteiger partial charge on any atom is -0.486 e. The minimum absolute atomic E-state index is 0.0112. The molecule has 2 aromatic carbocycles. The highest BCUT2D eigenvalue weighted by Gasteiger charge is 2.39. The summed E-state index contributed by atoms with van der Waals surface area (Å²) in [4.78, 5) is 13.7. The van der Waals surface area contributed by atoms with Gasteiger partial charge < -0.3 is 19.7 Å². The number of ether oxygens (including phenoxy) is 2. The maximum absolute atomic E-state index is 14.3. The van der Waals surface area contributed by atoms with E-state index in [2.05, 4.69) is 4.98 Å². The number of aromatic nitrogens is 1. The van der Waals surface area contributed by atoms with Crippen LogP contribution >= 0.6 is 11.6 Å². The normalized spacial score (nSPS) is 15.1. The molecule has 0 amide bonds. The molecule has 0 saturated heterocycles. The van der Waals surface area contributed by atoms with Crippen LogP contribution in [-0.4, -0.2) is 55.4 Å². The van der Waals surface area contributed by atoms with Crippen molar-refractivity contribution in [1.82, 2.24) is 4.98 Å². The van der Waals surface area contributed by atoms with Crippen molar-refractivity contribution in [1.29, 1.82) is 0 Å². The SMILES string of the molecule is O=C(O)CCC[C@H]1CN(S(=O)(=O)c2cc(C(F)(F)F)cnc2OCCO)c2cc(CCc3c(F)cccc3Cl)ccc2O1. The van der Waals surface area contributed by atoms with Gasteiger partial charge in [0.05, 0.1) is 24.4 Å². The standard InChI is InChI=1S/C28H27ClF4N2O7S/c29-21-4-2-5-22(30)20(21)9-7-17-8-10-24-23(13-17)35(16-19(42-24)3-1-6-26(37)38)43(39,40)25-14-18(28(31,32)33)15-34-27(25)41-12-11-36/h2,4-5,8,10,13-15,19,36H,1,3,6-7,9,11-12,16H2,(H,37,38)/t19-/m0/s1. The summed E-state index contributed by atoms with van der Waals surface area (Å²) in [5, 5.41) is 18.4. The third-order valence-corrected chi connectivity index (χ3v) is 8.77. The number of halogens is 5. The van der Waals surface area contributed by atoms with Crippen LogP contribution in [0.2, 0.25) is 5.02 Å². The van der Waals surface area contributed by atoms with E-state index in [1.54, 1.807) is 12.1 Å². The van der Waals surface area contributed by atoms with Gasteiger partial charge in [-0.2, -0.15) is 13.2 Å². The lowest BCUT2D eigenvalue weighted by molar-refractivity contribution is -0.138. The highest BCUT2D eigenvalue weighted by atomic mass is 35.5. The van der Waals surface area contributed by atoms with Gasteiger partial charge in [0.2, 0.25) is 5.88 Å². The van der Waals surface area contributed by atoms with Gasteiger partial charge in [0.25, 0.3) is 10.0 Å². The van der Waals surface area contributed by atoms with E-state index >= 15 is 0 Å². The molecule has 1 aliphatic heterocycles. The lowest BCUT2D eigenvalue weighted by Crippen LogP contribution is -2.43. The van der Waals surface area contributed by atoms with Crippen molar-refractivity contribution < 1.29 is 50.5 Å². The van der Waals surface area contributed by atoms with Gasteiger partial charge >= 0.3 is 12.1 Å². The molecule has 0 aliphatic carbocycles. The van der Waals surface area contributed by atoms with Crippen molar-refractivity contribution in [2.45, 2.75) is 49.3 Å². The molecule has 3 aromatic rings. The second-order valence-electron chi connectivity index (χ2n) is 9.66. The Morgan fingerprint density at radius 2 is 1.95 bits per heavy atom. The lowest BCUT2D eigenvalue weighted by atomic mass is 10.0. The number of rotatable bonds is 12. The number of aryl methyl sites for hydroxylation is 1. The van der Waals surface area contributed by atoms with Crippen molar-refractivity contribution in [2.75, 3.05) is 24.1 Å². The topological polar surface area (TPSA) is 126 Å². The number of sulfonamides is 1. The van der Waals surface area contributed by atoms with Crippen molar-refractivity contribution in [3.05, 3.63) is 76.2 Å². The number of anilines is 1. The Kier molecular flexibility index (Phi) is 10.0. The van der Waals surface area contributed by atoms with Crippen molar-refractivity contribution in [3.63, 3.8) is 0 Å². The maximum atomic E-state index is 14.3. The third kappa shape index (κ3) is 7.67. The monoisotopic (exact) mass is 646 g/mol. The number of carbonyl (C=O) groups is 1. The van der Waals surface area contributed by atoms with Gasteiger partial charge in [0.1, 0.15) is 24.3 Å². The Balaban J connectivity index is 1.76. The zero-order valence-corrected chi connectivity index (χ0v) is 24.1. The van der Waals surface area contributed by atoms with E-state index in [-0.39, 0.29) is 60.7 Å². The number of alkyl halides is 3. The molecule has 0 radical (unpaired) electrons. The van der Waals surface area contributed by atoms with E-state index < -0.39 is 63.6 Å². The van der Waals surface area contributed by atoms with Gasteiger partial charge in [-0.15, -0.1) is 0 Å². The van der Waals surface area contributed by atoms with Crippen LogP contribution in [0.4, 0.5) is 23.2 Å². The van der Waals surface area contributed by atoms with Crippen LogP contribution in [0.25, 0.3) is 0 Å². The molecule has 232 valence electrons. The molecule has 1 atom stereocenters. The molecule has 15 heteroatoms. The quantitative estimate of drug-likeness (QED) is 0.255. The average Bonchev–Trinajstić information content (AvgIpc) is 2.94. The van der Waals surface area contributed by atoms with E-state index in [9.17, 15) is 30.8 Å². The summed E-state index contributed by atoms with van der Waals surface area (Å²) in [7, 11) is -4.80. The molecule has 0 unspecified atom stereocenters. The number of fused-ring (bicyclic) bond motifs is 1. The predicted octanol–water partition coefficient (Wildman–Crippen LogP) is 5.26. The van der Waals surface area contributed by atoms with Crippen LogP contribution in [-0.2, 0) is 33.8 Å². The zero-order valence-electron chi connectivity index (χ0n) is 22.5. The van der Waals surface area contributed by atoms with Gasteiger partial charge in [-0.3, -0.25) is 9.10 Å². The molecule has 0 bridgehead atoms. The summed E-state index contributed by atoms with van der Waals surface area (Å²) < 4.78 is 95.3. The first-order chi connectivity index (χ1) is 20.3. The van der Waals surface area contributed by atoms with E-state index in [0.29, 0.717) is 17.8 Å². The molecule has 2 N–H and O–H groups in total. The first-order valence-electron chi connectivity index (χ1n) is 13.1. The molecule has 43 heavy (non-hydrogen) atoms. The number of carboxylic acid groups (broad SMARTS) is 1. The van der Waals surface area contributed by atoms with Crippen LogP contribution in [0.1, 0.15) is 36.0 Å². The zero-order chi connectivity index (χ0) is 31.4. The Morgan fingerprint density at radius 3 is 2.63 bits per heavy atom. The number of nitrogens with zero attached hydrogens (tertiary/aromatic N) is 2. The van der Waals surface area contributed by atoms with E-state index in [0.717, 1.165) is 4.31 Å². The predicted molar refractivity (Wildman–Crippen MR) is 148 cm³/mol. The summed E-state index contributed by atoms with van der Waals surface area (Å²) in [6.07, 6.45) is -4.82. The number of benzene rings is 2. The first kappa shape index (κ1) is 32.3. The summed E-state index contributed by atoms with van der Waals surface area (Å²) in [5.41, 5.74) is -0.492. The summed E-state index contributed by atoms with van der Waals surface area (Å²) in [5.74, 6) is -2.10. The number of aliphatic hydroxyl groups excluding tert-OH is 1. The molecule has 0 fully saturated rings. The highest BCUT2D eigenvalue weighted by molar-refractivity contribution is 7.93. The summed E-state index contributed by atoms with van der Waals surface area (Å²) >= 11 is 6.14. The molecule has 0 spiro atoms. The number of hydrogen-bond acceptors (Lipinski definition) is 7. The van der Waals surface area contributed by atoms with Gasteiger partial charge in [-0.25, -0.2) is 17.8 Å². The number of aliphatic hydroxyl groups is 1. The average molecular weight is 647 g/mol. The van der Waals surface area contributed by atoms with Crippen molar-refractivity contribution in [2.24, 2.45) is 0 Å². The maximum Gasteiger partial charge on any atom is 0.417 e. The van der Waals surface area contributed by atoms with Crippen LogP contribution in [0.3, 0.4) is 0 Å². The Labute approximate surface area is 249 Å². The lowest BCUT2D eigenvalue weighted by Gasteiger charge is -2.36. The van der Waals surface area contributed by atoms with Crippen LogP contribution in [0.15, 0.2) is 53.6 Å². The van der Waals surface area contributed by atoms with Crippen LogP contribution < -0.4 is 13.8 Å². The summed E-state index contributed by atoms with van der Waals surface area (Å²) in [6.45, 7) is -1.34. The molecule has 1 aromatic heterocycles. The number of pyridine rings is 1. The molecule has 0 saturated carbocycles. The third-order valence-electron chi connectivity index (χ3n) is 6.64. The van der Waals surface area contributed by atoms with E-state index in [4.69, 9.17) is 31.3 Å².